The van der Waals surface area contributed by atoms with E-state index in [1.54, 1.807) is 19.2 Å². The van der Waals surface area contributed by atoms with Crippen LogP contribution in [-0.2, 0) is 6.54 Å². The molecule has 2 rings (SSSR count). The van der Waals surface area contributed by atoms with Gasteiger partial charge in [0.05, 0.1) is 7.11 Å². The summed E-state index contributed by atoms with van der Waals surface area (Å²) in [6.45, 7) is 2.81. The highest BCUT2D eigenvalue weighted by atomic mass is 19.1. The zero-order valence-electron chi connectivity index (χ0n) is 11.2. The van der Waals surface area contributed by atoms with Crippen LogP contribution in [0.1, 0.15) is 24.1 Å². The third-order valence-electron chi connectivity index (χ3n) is 3.12. The molecule has 3 heteroatoms. The summed E-state index contributed by atoms with van der Waals surface area (Å²) < 4.78 is 18.0. The average molecular weight is 259 g/mol. The minimum atomic E-state index is -0.205. The van der Waals surface area contributed by atoms with Gasteiger partial charge in [0, 0.05) is 12.6 Å². The molecule has 0 fully saturated rings. The summed E-state index contributed by atoms with van der Waals surface area (Å²) >= 11 is 0. The second-order valence-electron chi connectivity index (χ2n) is 4.51. The number of methoxy groups -OCH3 is 1. The SMILES string of the molecule is COc1cccc(CNC(C)c2ccc(F)cc2)c1. The molecule has 2 nitrogen and oxygen atoms in total. The van der Waals surface area contributed by atoms with Crippen molar-refractivity contribution in [1.82, 2.24) is 5.32 Å². The molecule has 0 aromatic heterocycles. The van der Waals surface area contributed by atoms with Crippen LogP contribution in [0.25, 0.3) is 0 Å². The van der Waals surface area contributed by atoms with E-state index in [2.05, 4.69) is 12.2 Å². The van der Waals surface area contributed by atoms with E-state index >= 15 is 0 Å². The average Bonchev–Trinajstić information content (AvgIpc) is 2.46. The van der Waals surface area contributed by atoms with E-state index in [9.17, 15) is 4.39 Å². The zero-order chi connectivity index (χ0) is 13.7. The van der Waals surface area contributed by atoms with Crippen molar-refractivity contribution in [2.24, 2.45) is 0 Å². The second kappa shape index (κ2) is 6.34. The fraction of sp³-hybridized carbons (Fsp3) is 0.250. The number of hydrogen-bond donors (Lipinski definition) is 1. The van der Waals surface area contributed by atoms with E-state index in [1.165, 1.54) is 12.1 Å². The van der Waals surface area contributed by atoms with Gasteiger partial charge in [-0.2, -0.15) is 0 Å². The summed E-state index contributed by atoms with van der Waals surface area (Å²) in [6, 6.07) is 14.7. The van der Waals surface area contributed by atoms with Gasteiger partial charge in [0.1, 0.15) is 11.6 Å². The molecule has 1 unspecified atom stereocenters. The molecule has 0 aliphatic carbocycles. The van der Waals surface area contributed by atoms with Crippen LogP contribution in [0.15, 0.2) is 48.5 Å². The lowest BCUT2D eigenvalue weighted by molar-refractivity contribution is 0.414. The maximum Gasteiger partial charge on any atom is 0.123 e. The summed E-state index contributed by atoms with van der Waals surface area (Å²) in [4.78, 5) is 0. The minimum Gasteiger partial charge on any atom is -0.497 e. The molecule has 0 heterocycles. The van der Waals surface area contributed by atoms with Crippen molar-refractivity contribution in [3.05, 3.63) is 65.5 Å². The predicted octanol–water partition coefficient (Wildman–Crippen LogP) is 3.69. The fourth-order valence-electron chi connectivity index (χ4n) is 1.92. The van der Waals surface area contributed by atoms with Crippen molar-refractivity contribution in [3.8, 4) is 5.75 Å². The van der Waals surface area contributed by atoms with E-state index in [0.29, 0.717) is 0 Å². The molecule has 0 radical (unpaired) electrons. The Labute approximate surface area is 113 Å². The molecule has 0 aliphatic rings. The molecular weight excluding hydrogens is 241 g/mol. The van der Waals surface area contributed by atoms with E-state index < -0.39 is 0 Å². The molecule has 100 valence electrons. The van der Waals surface area contributed by atoms with Gasteiger partial charge in [-0.3, -0.25) is 0 Å². The largest absolute Gasteiger partial charge is 0.497 e. The van der Waals surface area contributed by atoms with Gasteiger partial charge in [0.2, 0.25) is 0 Å². The second-order valence-corrected chi connectivity index (χ2v) is 4.51. The molecular formula is C16H18FNO. The Hall–Kier alpha value is -1.87. The normalized spacial score (nSPS) is 12.2. The molecule has 1 atom stereocenters. The van der Waals surface area contributed by atoms with Crippen molar-refractivity contribution in [2.75, 3.05) is 7.11 Å². The summed E-state index contributed by atoms with van der Waals surface area (Å²) in [5.41, 5.74) is 2.23. The Morgan fingerprint density at radius 2 is 1.89 bits per heavy atom. The maximum atomic E-state index is 12.8. The first kappa shape index (κ1) is 13.6. The van der Waals surface area contributed by atoms with Crippen LogP contribution in [0.5, 0.6) is 5.75 Å². The number of rotatable bonds is 5. The van der Waals surface area contributed by atoms with Gasteiger partial charge in [0.25, 0.3) is 0 Å². The number of benzene rings is 2. The number of halogens is 1. The van der Waals surface area contributed by atoms with Gasteiger partial charge in [-0.15, -0.1) is 0 Å². The van der Waals surface area contributed by atoms with Crippen molar-refractivity contribution >= 4 is 0 Å². The lowest BCUT2D eigenvalue weighted by Gasteiger charge is -2.14. The Balaban J connectivity index is 1.96. The van der Waals surface area contributed by atoms with Gasteiger partial charge in [-0.1, -0.05) is 24.3 Å². The Kier molecular flexibility index (Phi) is 4.53. The van der Waals surface area contributed by atoms with Crippen molar-refractivity contribution in [2.45, 2.75) is 19.5 Å². The van der Waals surface area contributed by atoms with Crippen molar-refractivity contribution in [3.63, 3.8) is 0 Å². The molecule has 0 spiro atoms. The van der Waals surface area contributed by atoms with Gasteiger partial charge in [-0.25, -0.2) is 4.39 Å². The van der Waals surface area contributed by atoms with Crippen molar-refractivity contribution in [1.29, 1.82) is 0 Å². The zero-order valence-corrected chi connectivity index (χ0v) is 11.2. The molecule has 0 saturated heterocycles. The van der Waals surface area contributed by atoms with Crippen LogP contribution >= 0.6 is 0 Å². The highest BCUT2D eigenvalue weighted by Gasteiger charge is 2.05. The van der Waals surface area contributed by atoms with E-state index in [-0.39, 0.29) is 11.9 Å². The highest BCUT2D eigenvalue weighted by molar-refractivity contribution is 5.28. The van der Waals surface area contributed by atoms with Gasteiger partial charge in [0.15, 0.2) is 0 Å². The van der Waals surface area contributed by atoms with Gasteiger partial charge >= 0.3 is 0 Å². The molecule has 0 amide bonds. The number of hydrogen-bond acceptors (Lipinski definition) is 2. The Morgan fingerprint density at radius 1 is 1.16 bits per heavy atom. The maximum absolute atomic E-state index is 12.8. The number of nitrogens with one attached hydrogen (secondary N) is 1. The molecule has 0 bridgehead atoms. The first-order valence-corrected chi connectivity index (χ1v) is 6.31. The minimum absolute atomic E-state index is 0.173. The predicted molar refractivity (Wildman–Crippen MR) is 74.6 cm³/mol. The van der Waals surface area contributed by atoms with Crippen LogP contribution in [0.4, 0.5) is 4.39 Å². The third-order valence-corrected chi connectivity index (χ3v) is 3.12. The third kappa shape index (κ3) is 3.80. The lowest BCUT2D eigenvalue weighted by Crippen LogP contribution is -2.18. The van der Waals surface area contributed by atoms with Crippen LogP contribution in [-0.4, -0.2) is 7.11 Å². The van der Waals surface area contributed by atoms with Crippen molar-refractivity contribution < 1.29 is 9.13 Å². The molecule has 0 saturated carbocycles. The van der Waals surface area contributed by atoms with Gasteiger partial charge < -0.3 is 10.1 Å². The number of ether oxygens (including phenoxy) is 1. The quantitative estimate of drug-likeness (QED) is 0.884. The van der Waals surface area contributed by atoms with Crippen LogP contribution in [0, 0.1) is 5.82 Å². The van der Waals surface area contributed by atoms with E-state index in [0.717, 1.165) is 23.4 Å². The summed E-state index contributed by atoms with van der Waals surface area (Å²) in [5, 5.41) is 3.41. The highest BCUT2D eigenvalue weighted by Crippen LogP contribution is 2.16. The van der Waals surface area contributed by atoms with E-state index in [4.69, 9.17) is 4.74 Å². The summed E-state index contributed by atoms with van der Waals surface area (Å²) in [7, 11) is 1.66. The fourth-order valence-corrected chi connectivity index (χ4v) is 1.92. The molecule has 19 heavy (non-hydrogen) atoms. The first-order valence-electron chi connectivity index (χ1n) is 6.31. The molecule has 2 aromatic carbocycles. The smallest absolute Gasteiger partial charge is 0.123 e. The standard InChI is InChI=1S/C16H18FNO/c1-12(14-6-8-15(17)9-7-14)18-11-13-4-3-5-16(10-13)19-2/h3-10,12,18H,11H2,1-2H3. The summed E-state index contributed by atoms with van der Waals surface area (Å²) in [5.74, 6) is 0.650. The van der Waals surface area contributed by atoms with Crippen LogP contribution in [0.3, 0.4) is 0 Å². The van der Waals surface area contributed by atoms with E-state index in [1.807, 2.05) is 24.3 Å². The van der Waals surface area contributed by atoms with Gasteiger partial charge in [-0.05, 0) is 42.3 Å². The monoisotopic (exact) mass is 259 g/mol. The molecule has 2 aromatic rings. The van der Waals surface area contributed by atoms with Crippen LogP contribution in [0.2, 0.25) is 0 Å². The first-order chi connectivity index (χ1) is 9.19. The molecule has 1 N–H and O–H groups in total. The lowest BCUT2D eigenvalue weighted by atomic mass is 10.1. The Morgan fingerprint density at radius 3 is 2.58 bits per heavy atom. The summed E-state index contributed by atoms with van der Waals surface area (Å²) in [6.07, 6.45) is 0. The topological polar surface area (TPSA) is 21.3 Å². The Bertz CT molecular complexity index is 525. The molecule has 0 aliphatic heterocycles. The van der Waals surface area contributed by atoms with Crippen LogP contribution < -0.4 is 10.1 Å².